The molecule has 0 aliphatic carbocycles. The summed E-state index contributed by atoms with van der Waals surface area (Å²) in [5.41, 5.74) is 12.9. The first-order valence-electron chi connectivity index (χ1n) is 17.7. The molecule has 52 heavy (non-hydrogen) atoms. The molecule has 12 rings (SSSR count). The lowest BCUT2D eigenvalue weighted by Crippen LogP contribution is -1.93. The third kappa shape index (κ3) is 3.81. The van der Waals surface area contributed by atoms with E-state index >= 15 is 0 Å². The van der Waals surface area contributed by atoms with Crippen LogP contribution in [0.4, 0.5) is 0 Å². The summed E-state index contributed by atoms with van der Waals surface area (Å²) in [6.07, 6.45) is 0. The molecule has 0 N–H and O–H groups in total. The van der Waals surface area contributed by atoms with Crippen molar-refractivity contribution in [2.45, 2.75) is 0 Å². The Hall–Kier alpha value is -7.04. The lowest BCUT2D eigenvalue weighted by molar-refractivity contribution is 0.669. The van der Waals surface area contributed by atoms with Crippen molar-refractivity contribution in [3.8, 4) is 22.5 Å². The fourth-order valence-electron chi connectivity index (χ4n) is 8.54. The molecule has 4 heteroatoms. The quantitative estimate of drug-likeness (QED) is 0.188. The smallest absolute Gasteiger partial charge is 0.136 e. The highest BCUT2D eigenvalue weighted by Gasteiger charge is 2.20. The molecular weight excluding hydrogens is 637 g/mol. The molecule has 0 aliphatic rings. The normalized spacial score (nSPS) is 12.2. The Morgan fingerprint density at radius 3 is 1.13 bits per heavy atom. The summed E-state index contributed by atoms with van der Waals surface area (Å²) in [5, 5.41) is 9.23. The van der Waals surface area contributed by atoms with Gasteiger partial charge >= 0.3 is 0 Å². The molecule has 0 radical (unpaired) electrons. The average molecular weight is 665 g/mol. The molecule has 0 unspecified atom stereocenters. The van der Waals surface area contributed by atoms with Gasteiger partial charge in [-0.2, -0.15) is 0 Å². The van der Waals surface area contributed by atoms with E-state index in [2.05, 4.69) is 155 Å². The molecule has 0 amide bonds. The Balaban J connectivity index is 1.12. The minimum Gasteiger partial charge on any atom is -0.456 e. The summed E-state index contributed by atoms with van der Waals surface area (Å²) >= 11 is 0. The van der Waals surface area contributed by atoms with Gasteiger partial charge in [0.15, 0.2) is 0 Å². The van der Waals surface area contributed by atoms with Crippen molar-refractivity contribution < 1.29 is 8.83 Å². The van der Waals surface area contributed by atoms with Crippen LogP contribution in [0.1, 0.15) is 0 Å². The fourth-order valence-corrected chi connectivity index (χ4v) is 8.54. The highest BCUT2D eigenvalue weighted by atomic mass is 16.3. The highest BCUT2D eigenvalue weighted by molar-refractivity contribution is 6.19. The van der Waals surface area contributed by atoms with E-state index in [0.29, 0.717) is 0 Å². The van der Waals surface area contributed by atoms with Crippen LogP contribution in [0.25, 0.3) is 110 Å². The van der Waals surface area contributed by atoms with Crippen molar-refractivity contribution in [1.82, 2.24) is 9.13 Å². The maximum Gasteiger partial charge on any atom is 0.136 e. The van der Waals surface area contributed by atoms with Crippen LogP contribution in [0.15, 0.2) is 179 Å². The van der Waals surface area contributed by atoms with Crippen LogP contribution in [0, 0.1) is 0 Å². The standard InChI is InChI=1S/C48H28N2O2/c1-3-11-31(12-4-1)49-41-21-19-29(23-35(41)37-27-47-39(25-43(37)49)33-15-7-9-17-45(33)51-47)30-20-22-42-36(24-30)38-28-48-40(34-16-8-10-18-46(34)52-48)26-44(38)50(42)32-13-5-2-6-14-32/h1-28H. The predicted octanol–water partition coefficient (Wildman–Crippen LogP) is 13.3. The van der Waals surface area contributed by atoms with E-state index in [0.717, 1.165) is 88.4 Å². The molecule has 0 atom stereocenters. The van der Waals surface area contributed by atoms with Crippen LogP contribution in [-0.4, -0.2) is 9.13 Å². The van der Waals surface area contributed by atoms with Crippen molar-refractivity contribution in [3.63, 3.8) is 0 Å². The van der Waals surface area contributed by atoms with E-state index in [1.165, 1.54) is 21.5 Å². The molecule has 242 valence electrons. The van der Waals surface area contributed by atoms with Crippen molar-refractivity contribution in [1.29, 1.82) is 0 Å². The van der Waals surface area contributed by atoms with Crippen LogP contribution in [0.5, 0.6) is 0 Å². The molecule has 0 aliphatic heterocycles. The Morgan fingerprint density at radius 2 is 0.673 bits per heavy atom. The van der Waals surface area contributed by atoms with E-state index in [9.17, 15) is 0 Å². The fraction of sp³-hybridized carbons (Fsp3) is 0. The van der Waals surface area contributed by atoms with E-state index in [1.807, 2.05) is 24.3 Å². The number of aromatic nitrogens is 2. The second-order valence-corrected chi connectivity index (χ2v) is 13.7. The van der Waals surface area contributed by atoms with Crippen molar-refractivity contribution in [3.05, 3.63) is 170 Å². The van der Waals surface area contributed by atoms with Crippen LogP contribution < -0.4 is 0 Å². The summed E-state index contributed by atoms with van der Waals surface area (Å²) in [5.74, 6) is 0. The zero-order chi connectivity index (χ0) is 33.9. The third-order valence-corrected chi connectivity index (χ3v) is 10.9. The number of furan rings is 2. The molecule has 12 aromatic rings. The summed E-state index contributed by atoms with van der Waals surface area (Å²) in [7, 11) is 0. The number of rotatable bonds is 3. The van der Waals surface area contributed by atoms with E-state index in [-0.39, 0.29) is 0 Å². The number of hydrogen-bond donors (Lipinski definition) is 0. The first-order chi connectivity index (χ1) is 25.8. The first kappa shape index (κ1) is 27.7. The second kappa shape index (κ2) is 10.3. The summed E-state index contributed by atoms with van der Waals surface area (Å²) in [6.45, 7) is 0. The molecule has 4 aromatic heterocycles. The third-order valence-electron chi connectivity index (χ3n) is 10.9. The Bertz CT molecular complexity index is 3170. The SMILES string of the molecule is c1ccc(-n2c3ccc(-c4ccc5c(c4)c4cc6oc7ccccc7c6cc4n5-c4ccccc4)cc3c3cc4oc5ccccc5c4cc32)cc1. The lowest BCUT2D eigenvalue weighted by atomic mass is 10.00. The number of fused-ring (bicyclic) bond motifs is 12. The number of nitrogens with zero attached hydrogens (tertiary/aromatic N) is 2. The minimum atomic E-state index is 0.901. The van der Waals surface area contributed by atoms with E-state index in [1.54, 1.807) is 0 Å². The van der Waals surface area contributed by atoms with Crippen molar-refractivity contribution in [2.24, 2.45) is 0 Å². The molecule has 0 saturated carbocycles. The molecule has 0 bridgehead atoms. The maximum atomic E-state index is 6.40. The van der Waals surface area contributed by atoms with Crippen LogP contribution in [0.3, 0.4) is 0 Å². The van der Waals surface area contributed by atoms with E-state index in [4.69, 9.17) is 8.83 Å². The molecule has 4 nitrogen and oxygen atoms in total. The van der Waals surface area contributed by atoms with Gasteiger partial charge in [0.25, 0.3) is 0 Å². The molecule has 0 saturated heterocycles. The Labute approximate surface area is 296 Å². The average Bonchev–Trinajstić information content (AvgIpc) is 3.93. The second-order valence-electron chi connectivity index (χ2n) is 13.7. The number of benzene rings is 8. The van der Waals surface area contributed by atoms with Gasteiger partial charge in [-0.3, -0.25) is 0 Å². The van der Waals surface area contributed by atoms with Crippen LogP contribution in [-0.2, 0) is 0 Å². The summed E-state index contributed by atoms with van der Waals surface area (Å²) in [4.78, 5) is 0. The molecule has 8 aromatic carbocycles. The van der Waals surface area contributed by atoms with Crippen molar-refractivity contribution >= 4 is 87.5 Å². The van der Waals surface area contributed by atoms with Gasteiger partial charge < -0.3 is 18.0 Å². The minimum absolute atomic E-state index is 0.901. The Morgan fingerprint density at radius 1 is 0.269 bits per heavy atom. The van der Waals surface area contributed by atoms with Gasteiger partial charge in [0.2, 0.25) is 0 Å². The van der Waals surface area contributed by atoms with Gasteiger partial charge in [0.05, 0.1) is 22.1 Å². The summed E-state index contributed by atoms with van der Waals surface area (Å²) < 4.78 is 17.6. The molecule has 0 fully saturated rings. The van der Waals surface area contributed by atoms with E-state index < -0.39 is 0 Å². The Kier molecular flexibility index (Phi) is 5.47. The lowest BCUT2D eigenvalue weighted by Gasteiger charge is -2.09. The number of hydrogen-bond acceptors (Lipinski definition) is 2. The van der Waals surface area contributed by atoms with Gasteiger partial charge in [0.1, 0.15) is 22.3 Å². The van der Waals surface area contributed by atoms with Crippen molar-refractivity contribution in [2.75, 3.05) is 0 Å². The van der Waals surface area contributed by atoms with Gasteiger partial charge in [0, 0.05) is 54.5 Å². The van der Waals surface area contributed by atoms with Crippen LogP contribution in [0.2, 0.25) is 0 Å². The zero-order valence-corrected chi connectivity index (χ0v) is 27.9. The highest BCUT2D eigenvalue weighted by Crippen LogP contribution is 2.42. The molecule has 4 heterocycles. The predicted molar refractivity (Wildman–Crippen MR) is 215 cm³/mol. The van der Waals surface area contributed by atoms with Gasteiger partial charge in [-0.05, 0) is 96.1 Å². The van der Waals surface area contributed by atoms with Crippen LogP contribution >= 0.6 is 0 Å². The first-order valence-corrected chi connectivity index (χ1v) is 17.7. The maximum absolute atomic E-state index is 6.40. The number of para-hydroxylation sites is 4. The zero-order valence-electron chi connectivity index (χ0n) is 27.9. The topological polar surface area (TPSA) is 36.1 Å². The molecule has 0 spiro atoms. The van der Waals surface area contributed by atoms with Gasteiger partial charge in [-0.25, -0.2) is 0 Å². The molecular formula is C48H28N2O2. The summed E-state index contributed by atoms with van der Waals surface area (Å²) in [6, 6.07) is 60.7. The van der Waals surface area contributed by atoms with Gasteiger partial charge in [-0.1, -0.05) is 84.9 Å². The monoisotopic (exact) mass is 664 g/mol. The van der Waals surface area contributed by atoms with Gasteiger partial charge in [-0.15, -0.1) is 0 Å². The largest absolute Gasteiger partial charge is 0.456 e.